The van der Waals surface area contributed by atoms with Gasteiger partial charge in [0.1, 0.15) is 6.54 Å². The van der Waals surface area contributed by atoms with Crippen LogP contribution in [-0.4, -0.2) is 27.1 Å². The van der Waals surface area contributed by atoms with E-state index in [1.165, 1.54) is 4.31 Å². The minimum absolute atomic E-state index is 0.268. The number of carbonyl (C=O) groups is 1. The molecular formula is C18H21IN2O3S. The lowest BCUT2D eigenvalue weighted by Crippen LogP contribution is -2.38. The van der Waals surface area contributed by atoms with Gasteiger partial charge in [-0.15, -0.1) is 0 Å². The van der Waals surface area contributed by atoms with Crippen molar-refractivity contribution in [2.24, 2.45) is 0 Å². The number of rotatable bonds is 5. The standard InChI is InChI=1S/C18H21IN2O3S/c1-12-9-13(2)18(14(3)10-12)21(25(4,23)24)11-17(22)20-16-7-5-15(19)6-8-16/h5-10H,11H2,1-4H3,(H,20,22). The Bertz CT molecular complexity index is 870. The van der Waals surface area contributed by atoms with Crippen LogP contribution in [0.25, 0.3) is 0 Å². The van der Waals surface area contributed by atoms with Crippen LogP contribution in [0.2, 0.25) is 0 Å². The zero-order chi connectivity index (χ0) is 18.8. The van der Waals surface area contributed by atoms with Gasteiger partial charge in [0.25, 0.3) is 0 Å². The van der Waals surface area contributed by atoms with E-state index in [0.29, 0.717) is 11.4 Å². The molecule has 0 heterocycles. The smallest absolute Gasteiger partial charge is 0.245 e. The van der Waals surface area contributed by atoms with Crippen LogP contribution in [0.4, 0.5) is 11.4 Å². The van der Waals surface area contributed by atoms with Crippen molar-refractivity contribution in [1.29, 1.82) is 0 Å². The summed E-state index contributed by atoms with van der Waals surface area (Å²) >= 11 is 2.18. The molecule has 2 rings (SSSR count). The van der Waals surface area contributed by atoms with E-state index in [2.05, 4.69) is 27.9 Å². The van der Waals surface area contributed by atoms with Crippen molar-refractivity contribution in [3.05, 3.63) is 56.7 Å². The van der Waals surface area contributed by atoms with E-state index < -0.39 is 10.0 Å². The highest BCUT2D eigenvalue weighted by atomic mass is 127. The molecule has 1 N–H and O–H groups in total. The third-order valence-electron chi connectivity index (χ3n) is 3.70. The first-order valence-corrected chi connectivity index (χ1v) is 10.6. The first-order chi connectivity index (χ1) is 11.6. The first-order valence-electron chi connectivity index (χ1n) is 7.69. The van der Waals surface area contributed by atoms with Crippen molar-refractivity contribution in [3.63, 3.8) is 0 Å². The molecule has 0 aliphatic rings. The monoisotopic (exact) mass is 472 g/mol. The molecule has 7 heteroatoms. The van der Waals surface area contributed by atoms with E-state index in [0.717, 1.165) is 26.5 Å². The number of sulfonamides is 1. The molecule has 5 nitrogen and oxygen atoms in total. The van der Waals surface area contributed by atoms with Gasteiger partial charge < -0.3 is 5.32 Å². The van der Waals surface area contributed by atoms with Crippen LogP contribution < -0.4 is 9.62 Å². The summed E-state index contributed by atoms with van der Waals surface area (Å²) in [5.74, 6) is -0.383. The number of amides is 1. The predicted octanol–water partition coefficient (Wildman–Crippen LogP) is 3.62. The van der Waals surface area contributed by atoms with Crippen molar-refractivity contribution in [2.45, 2.75) is 20.8 Å². The summed E-state index contributed by atoms with van der Waals surface area (Å²) in [7, 11) is -3.60. The number of benzene rings is 2. The summed E-state index contributed by atoms with van der Waals surface area (Å²) in [6, 6.07) is 11.1. The quantitative estimate of drug-likeness (QED) is 0.677. The van der Waals surface area contributed by atoms with Crippen molar-refractivity contribution in [2.75, 3.05) is 22.4 Å². The van der Waals surface area contributed by atoms with Crippen LogP contribution in [0.1, 0.15) is 16.7 Å². The van der Waals surface area contributed by atoms with Gasteiger partial charge in [0, 0.05) is 9.26 Å². The lowest BCUT2D eigenvalue weighted by molar-refractivity contribution is -0.114. The Morgan fingerprint density at radius 1 is 1.08 bits per heavy atom. The third-order valence-corrected chi connectivity index (χ3v) is 5.53. The van der Waals surface area contributed by atoms with Crippen LogP contribution in [0.15, 0.2) is 36.4 Å². The normalized spacial score (nSPS) is 11.2. The minimum Gasteiger partial charge on any atom is -0.325 e. The Balaban J connectivity index is 2.31. The van der Waals surface area contributed by atoms with Crippen LogP contribution >= 0.6 is 22.6 Å². The second-order valence-electron chi connectivity index (χ2n) is 6.07. The minimum atomic E-state index is -3.60. The number of carbonyl (C=O) groups excluding carboxylic acids is 1. The number of hydrogen-bond donors (Lipinski definition) is 1. The summed E-state index contributed by atoms with van der Waals surface area (Å²) in [5.41, 5.74) is 3.90. The highest BCUT2D eigenvalue weighted by Crippen LogP contribution is 2.28. The van der Waals surface area contributed by atoms with Gasteiger partial charge in [-0.25, -0.2) is 8.42 Å². The van der Waals surface area contributed by atoms with Crippen molar-refractivity contribution in [3.8, 4) is 0 Å². The largest absolute Gasteiger partial charge is 0.325 e. The molecule has 0 fully saturated rings. The van der Waals surface area contributed by atoms with Crippen molar-refractivity contribution < 1.29 is 13.2 Å². The second kappa shape index (κ2) is 7.74. The maximum absolute atomic E-state index is 12.4. The first kappa shape index (κ1) is 19.7. The summed E-state index contributed by atoms with van der Waals surface area (Å²) < 4.78 is 26.8. The Kier molecular flexibility index (Phi) is 6.10. The molecule has 2 aromatic carbocycles. The van der Waals surface area contributed by atoms with Gasteiger partial charge in [-0.05, 0) is 78.8 Å². The van der Waals surface area contributed by atoms with Gasteiger partial charge >= 0.3 is 0 Å². The van der Waals surface area contributed by atoms with Gasteiger partial charge in [-0.3, -0.25) is 9.10 Å². The number of aryl methyl sites for hydroxylation is 3. The Hall–Kier alpha value is -1.61. The predicted molar refractivity (Wildman–Crippen MR) is 111 cm³/mol. The topological polar surface area (TPSA) is 66.5 Å². The molecule has 2 aromatic rings. The molecule has 0 aliphatic carbocycles. The summed E-state index contributed by atoms with van der Waals surface area (Å²) in [6.07, 6.45) is 1.11. The fraction of sp³-hybridized carbons (Fsp3) is 0.278. The lowest BCUT2D eigenvalue weighted by atomic mass is 10.1. The van der Waals surface area contributed by atoms with E-state index in [9.17, 15) is 13.2 Å². The summed E-state index contributed by atoms with van der Waals surface area (Å²) in [6.45, 7) is 5.39. The molecule has 0 radical (unpaired) electrons. The average molecular weight is 472 g/mol. The van der Waals surface area contributed by atoms with Crippen molar-refractivity contribution in [1.82, 2.24) is 0 Å². The molecule has 134 valence electrons. The van der Waals surface area contributed by atoms with E-state index >= 15 is 0 Å². The van der Waals surface area contributed by atoms with Crippen LogP contribution in [0.5, 0.6) is 0 Å². The Morgan fingerprint density at radius 2 is 1.60 bits per heavy atom. The van der Waals surface area contributed by atoms with Gasteiger partial charge in [-0.1, -0.05) is 17.7 Å². The lowest BCUT2D eigenvalue weighted by Gasteiger charge is -2.26. The van der Waals surface area contributed by atoms with E-state index in [-0.39, 0.29) is 12.5 Å². The fourth-order valence-corrected chi connectivity index (χ4v) is 4.12. The molecule has 0 aliphatic heterocycles. The van der Waals surface area contributed by atoms with Gasteiger partial charge in [0.15, 0.2) is 0 Å². The van der Waals surface area contributed by atoms with Crippen LogP contribution in [0, 0.1) is 24.3 Å². The van der Waals surface area contributed by atoms with Gasteiger partial charge in [0.05, 0.1) is 11.9 Å². The SMILES string of the molecule is Cc1cc(C)c(N(CC(=O)Nc2ccc(I)cc2)S(C)(=O)=O)c(C)c1. The maximum Gasteiger partial charge on any atom is 0.245 e. The molecule has 0 unspecified atom stereocenters. The molecule has 0 spiro atoms. The average Bonchev–Trinajstić information content (AvgIpc) is 2.46. The maximum atomic E-state index is 12.4. The number of anilines is 2. The fourth-order valence-electron chi connectivity index (χ4n) is 2.79. The third kappa shape index (κ3) is 5.18. The Morgan fingerprint density at radius 3 is 2.08 bits per heavy atom. The van der Waals surface area contributed by atoms with Gasteiger partial charge in [0.2, 0.25) is 15.9 Å². The van der Waals surface area contributed by atoms with E-state index in [4.69, 9.17) is 0 Å². The molecule has 1 amide bonds. The molecule has 0 atom stereocenters. The Labute approximate surface area is 162 Å². The molecule has 0 bridgehead atoms. The number of hydrogen-bond acceptors (Lipinski definition) is 3. The summed E-state index contributed by atoms with van der Waals surface area (Å²) in [5, 5.41) is 2.74. The van der Waals surface area contributed by atoms with Crippen molar-refractivity contribution >= 4 is 49.9 Å². The zero-order valence-corrected chi connectivity index (χ0v) is 17.6. The summed E-state index contributed by atoms with van der Waals surface area (Å²) in [4.78, 5) is 12.4. The van der Waals surface area contributed by atoms with E-state index in [1.807, 2.05) is 45.0 Å². The van der Waals surface area contributed by atoms with Gasteiger partial charge in [-0.2, -0.15) is 0 Å². The van der Waals surface area contributed by atoms with E-state index in [1.54, 1.807) is 12.1 Å². The molecule has 25 heavy (non-hydrogen) atoms. The zero-order valence-electron chi connectivity index (χ0n) is 14.6. The number of nitrogens with zero attached hydrogens (tertiary/aromatic N) is 1. The number of halogens is 1. The number of nitrogens with one attached hydrogen (secondary N) is 1. The second-order valence-corrected chi connectivity index (χ2v) is 9.22. The molecule has 0 aromatic heterocycles. The van der Waals surface area contributed by atoms with Crippen LogP contribution in [-0.2, 0) is 14.8 Å². The highest BCUT2D eigenvalue weighted by Gasteiger charge is 2.24. The molecule has 0 saturated heterocycles. The van der Waals surface area contributed by atoms with Crippen LogP contribution in [0.3, 0.4) is 0 Å². The highest BCUT2D eigenvalue weighted by molar-refractivity contribution is 14.1. The molecular weight excluding hydrogens is 451 g/mol. The molecule has 0 saturated carbocycles.